The molecule has 1 amide bonds. The lowest BCUT2D eigenvalue weighted by atomic mass is 10.0. The van der Waals surface area contributed by atoms with Gasteiger partial charge in [0.25, 0.3) is 0 Å². The first kappa shape index (κ1) is 18.8. The van der Waals surface area contributed by atoms with Crippen LogP contribution in [0.5, 0.6) is 0 Å². The van der Waals surface area contributed by atoms with Crippen molar-refractivity contribution in [2.75, 3.05) is 52.6 Å². The second kappa shape index (κ2) is 10.4. The van der Waals surface area contributed by atoms with Crippen molar-refractivity contribution in [3.8, 4) is 11.8 Å². The molecular formula is C16H28N2O4. The highest BCUT2D eigenvalue weighted by molar-refractivity contribution is 5.68. The molecule has 0 atom stereocenters. The molecule has 22 heavy (non-hydrogen) atoms. The van der Waals surface area contributed by atoms with E-state index in [1.54, 1.807) is 6.92 Å². The van der Waals surface area contributed by atoms with Gasteiger partial charge in [0.1, 0.15) is 13.2 Å². The SMILES string of the molecule is CC.CC#CC1(OC(=O)NCCCN2CCOCC2)COC1. The van der Waals surface area contributed by atoms with Crippen molar-refractivity contribution >= 4 is 6.09 Å². The van der Waals surface area contributed by atoms with Gasteiger partial charge in [0.2, 0.25) is 5.60 Å². The molecule has 0 aliphatic carbocycles. The average Bonchev–Trinajstić information content (AvgIpc) is 2.52. The molecule has 0 spiro atoms. The van der Waals surface area contributed by atoms with Gasteiger partial charge in [0.15, 0.2) is 0 Å². The van der Waals surface area contributed by atoms with Gasteiger partial charge in [-0.2, -0.15) is 0 Å². The Morgan fingerprint density at radius 1 is 1.27 bits per heavy atom. The summed E-state index contributed by atoms with van der Waals surface area (Å²) in [5.41, 5.74) is -0.733. The van der Waals surface area contributed by atoms with E-state index in [-0.39, 0.29) is 0 Å². The molecule has 126 valence electrons. The van der Waals surface area contributed by atoms with Crippen LogP contribution in [0.2, 0.25) is 0 Å². The molecule has 0 aromatic carbocycles. The van der Waals surface area contributed by atoms with E-state index in [1.165, 1.54) is 0 Å². The number of rotatable bonds is 5. The lowest BCUT2D eigenvalue weighted by Gasteiger charge is -2.35. The van der Waals surface area contributed by atoms with Crippen LogP contribution < -0.4 is 5.32 Å². The normalized spacial score (nSPS) is 19.6. The van der Waals surface area contributed by atoms with E-state index < -0.39 is 11.7 Å². The Balaban J connectivity index is 0.00000116. The van der Waals surface area contributed by atoms with Crippen LogP contribution in [-0.4, -0.2) is 69.2 Å². The summed E-state index contributed by atoms with van der Waals surface area (Å²) in [6.45, 7) is 11.5. The maximum absolute atomic E-state index is 11.7. The van der Waals surface area contributed by atoms with Crippen molar-refractivity contribution in [3.05, 3.63) is 0 Å². The third-order valence-electron chi connectivity index (χ3n) is 3.34. The van der Waals surface area contributed by atoms with Crippen molar-refractivity contribution in [2.45, 2.75) is 32.8 Å². The van der Waals surface area contributed by atoms with Gasteiger partial charge in [-0.1, -0.05) is 19.8 Å². The minimum absolute atomic E-state index is 0.356. The van der Waals surface area contributed by atoms with Crippen LogP contribution in [0.4, 0.5) is 4.79 Å². The first-order valence-electron chi connectivity index (χ1n) is 8.03. The fourth-order valence-corrected chi connectivity index (χ4v) is 2.20. The Hall–Kier alpha value is -1.29. The predicted octanol–water partition coefficient (Wildman–Crippen LogP) is 1.25. The van der Waals surface area contributed by atoms with Crippen molar-refractivity contribution in [3.63, 3.8) is 0 Å². The van der Waals surface area contributed by atoms with Gasteiger partial charge < -0.3 is 19.5 Å². The number of carbonyl (C=O) groups is 1. The Kier molecular flexibility index (Phi) is 8.90. The number of alkyl carbamates (subject to hydrolysis) is 1. The third-order valence-corrected chi connectivity index (χ3v) is 3.34. The lowest BCUT2D eigenvalue weighted by Crippen LogP contribution is -2.53. The van der Waals surface area contributed by atoms with Crippen LogP contribution in [0.15, 0.2) is 0 Å². The lowest BCUT2D eigenvalue weighted by molar-refractivity contribution is -0.142. The van der Waals surface area contributed by atoms with Crippen molar-refractivity contribution in [2.24, 2.45) is 0 Å². The van der Waals surface area contributed by atoms with Gasteiger partial charge in [0.05, 0.1) is 13.2 Å². The first-order chi connectivity index (χ1) is 10.7. The second-order valence-corrected chi connectivity index (χ2v) is 4.99. The molecule has 2 aliphatic heterocycles. The summed E-state index contributed by atoms with van der Waals surface area (Å²) >= 11 is 0. The number of ether oxygens (including phenoxy) is 3. The summed E-state index contributed by atoms with van der Waals surface area (Å²) < 4.78 is 15.7. The molecule has 2 fully saturated rings. The third kappa shape index (κ3) is 6.22. The van der Waals surface area contributed by atoms with E-state index in [0.717, 1.165) is 39.3 Å². The molecule has 0 saturated carbocycles. The molecule has 0 radical (unpaired) electrons. The highest BCUT2D eigenvalue weighted by atomic mass is 16.6. The summed E-state index contributed by atoms with van der Waals surface area (Å²) in [6, 6.07) is 0. The summed E-state index contributed by atoms with van der Waals surface area (Å²) in [4.78, 5) is 14.0. The molecule has 2 heterocycles. The van der Waals surface area contributed by atoms with Gasteiger partial charge >= 0.3 is 6.09 Å². The first-order valence-corrected chi connectivity index (χ1v) is 8.03. The monoisotopic (exact) mass is 312 g/mol. The minimum atomic E-state index is -0.733. The number of morpholine rings is 1. The molecule has 0 unspecified atom stereocenters. The Morgan fingerprint density at radius 3 is 2.50 bits per heavy atom. The van der Waals surface area contributed by atoms with Crippen LogP contribution in [-0.2, 0) is 14.2 Å². The maximum atomic E-state index is 11.7. The minimum Gasteiger partial charge on any atom is -0.425 e. The standard InChI is InChI=1S/C14H22N2O4.C2H6/c1-2-4-14(11-19-12-14)20-13(17)15-5-3-6-16-7-9-18-10-8-16;1-2/h3,5-12H2,1H3,(H,15,17);1-2H3. The van der Waals surface area contributed by atoms with Gasteiger partial charge in [-0.15, -0.1) is 5.92 Å². The molecule has 6 nitrogen and oxygen atoms in total. The van der Waals surface area contributed by atoms with E-state index in [9.17, 15) is 4.79 Å². The molecule has 0 bridgehead atoms. The number of nitrogens with one attached hydrogen (secondary N) is 1. The highest BCUT2D eigenvalue weighted by Crippen LogP contribution is 2.20. The molecule has 0 aromatic rings. The van der Waals surface area contributed by atoms with Crippen molar-refractivity contribution < 1.29 is 19.0 Å². The molecule has 2 aliphatic rings. The Labute approximate surface area is 133 Å². The molecule has 2 rings (SSSR count). The molecular weight excluding hydrogens is 284 g/mol. The fraction of sp³-hybridized carbons (Fsp3) is 0.812. The predicted molar refractivity (Wildman–Crippen MR) is 84.7 cm³/mol. The highest BCUT2D eigenvalue weighted by Gasteiger charge is 2.41. The van der Waals surface area contributed by atoms with Crippen molar-refractivity contribution in [1.29, 1.82) is 0 Å². The number of amides is 1. The van der Waals surface area contributed by atoms with Crippen LogP contribution in [0, 0.1) is 11.8 Å². The summed E-state index contributed by atoms with van der Waals surface area (Å²) in [7, 11) is 0. The van der Waals surface area contributed by atoms with Gasteiger partial charge in [-0.25, -0.2) is 4.79 Å². The molecule has 2 saturated heterocycles. The van der Waals surface area contributed by atoms with Crippen LogP contribution >= 0.6 is 0 Å². The summed E-state index contributed by atoms with van der Waals surface area (Å²) in [6.07, 6.45) is 0.482. The molecule has 6 heteroatoms. The van der Waals surface area contributed by atoms with E-state index in [4.69, 9.17) is 14.2 Å². The summed E-state index contributed by atoms with van der Waals surface area (Å²) in [5.74, 6) is 5.66. The van der Waals surface area contributed by atoms with E-state index in [2.05, 4.69) is 22.1 Å². The quantitative estimate of drug-likeness (QED) is 0.612. The Bertz CT molecular complexity index is 379. The topological polar surface area (TPSA) is 60.0 Å². The zero-order valence-corrected chi connectivity index (χ0v) is 13.9. The number of hydrogen-bond donors (Lipinski definition) is 1. The molecule has 0 aromatic heterocycles. The number of nitrogens with zero attached hydrogens (tertiary/aromatic N) is 1. The average molecular weight is 312 g/mol. The zero-order chi connectivity index (χ0) is 16.3. The molecule has 1 N–H and O–H groups in total. The van der Waals surface area contributed by atoms with E-state index in [0.29, 0.717) is 19.8 Å². The smallest absolute Gasteiger partial charge is 0.408 e. The fourth-order valence-electron chi connectivity index (χ4n) is 2.20. The van der Waals surface area contributed by atoms with Crippen LogP contribution in [0.1, 0.15) is 27.2 Å². The Morgan fingerprint density at radius 2 is 1.95 bits per heavy atom. The zero-order valence-electron chi connectivity index (χ0n) is 13.9. The second-order valence-electron chi connectivity index (χ2n) is 4.99. The van der Waals surface area contributed by atoms with Gasteiger partial charge in [-0.05, 0) is 19.9 Å². The van der Waals surface area contributed by atoms with Crippen molar-refractivity contribution in [1.82, 2.24) is 10.2 Å². The van der Waals surface area contributed by atoms with E-state index >= 15 is 0 Å². The number of carbonyl (C=O) groups excluding carboxylic acids is 1. The maximum Gasteiger partial charge on any atom is 0.408 e. The van der Waals surface area contributed by atoms with Crippen LogP contribution in [0.25, 0.3) is 0 Å². The van der Waals surface area contributed by atoms with E-state index in [1.807, 2.05) is 13.8 Å². The van der Waals surface area contributed by atoms with Gasteiger partial charge in [-0.3, -0.25) is 4.90 Å². The summed E-state index contributed by atoms with van der Waals surface area (Å²) in [5, 5.41) is 2.76. The van der Waals surface area contributed by atoms with Gasteiger partial charge in [0, 0.05) is 19.6 Å². The largest absolute Gasteiger partial charge is 0.425 e. The number of hydrogen-bond acceptors (Lipinski definition) is 5. The van der Waals surface area contributed by atoms with Crippen LogP contribution in [0.3, 0.4) is 0 Å².